The SMILES string of the molecule is COC(=O)C1CC2=C(C=CC1=O)c1c(cc(OC)c(OC)c1OC)CC[C@@H]2NC(C)=O. The van der Waals surface area contributed by atoms with Crippen molar-refractivity contribution in [3.05, 3.63) is 34.9 Å². The molecule has 1 N–H and O–H groups in total. The van der Waals surface area contributed by atoms with Gasteiger partial charge in [-0.05, 0) is 48.1 Å². The number of fused-ring (bicyclic) bond motifs is 2. The number of rotatable bonds is 5. The number of carbonyl (C=O) groups excluding carboxylic acids is 3. The number of benzene rings is 1. The number of nitrogens with one attached hydrogen (secondary N) is 1. The highest BCUT2D eigenvalue weighted by molar-refractivity contribution is 6.08. The summed E-state index contributed by atoms with van der Waals surface area (Å²) in [4.78, 5) is 37.0. The maximum Gasteiger partial charge on any atom is 0.316 e. The normalized spacial score (nSPS) is 20.1. The maximum atomic E-state index is 12.7. The van der Waals surface area contributed by atoms with Crippen LogP contribution in [0.5, 0.6) is 17.2 Å². The summed E-state index contributed by atoms with van der Waals surface area (Å²) in [6, 6.07) is 1.53. The van der Waals surface area contributed by atoms with E-state index in [0.29, 0.717) is 30.1 Å². The molecule has 1 aromatic carbocycles. The first-order valence-corrected chi connectivity index (χ1v) is 9.98. The molecule has 0 heterocycles. The molecule has 1 unspecified atom stereocenters. The van der Waals surface area contributed by atoms with Gasteiger partial charge in [0, 0.05) is 12.5 Å². The lowest BCUT2D eigenvalue weighted by Gasteiger charge is -2.23. The van der Waals surface area contributed by atoms with Crippen molar-refractivity contribution in [2.75, 3.05) is 28.4 Å². The summed E-state index contributed by atoms with van der Waals surface area (Å²) >= 11 is 0. The summed E-state index contributed by atoms with van der Waals surface area (Å²) < 4.78 is 21.6. The summed E-state index contributed by atoms with van der Waals surface area (Å²) in [5.41, 5.74) is 3.20. The number of allylic oxidation sites excluding steroid dienone is 3. The number of ketones is 1. The Bertz CT molecular complexity index is 977. The Morgan fingerprint density at radius 3 is 2.32 bits per heavy atom. The third-order valence-corrected chi connectivity index (χ3v) is 5.69. The van der Waals surface area contributed by atoms with Crippen molar-refractivity contribution in [1.82, 2.24) is 5.32 Å². The van der Waals surface area contributed by atoms with Gasteiger partial charge in [-0.15, -0.1) is 0 Å². The zero-order valence-electron chi connectivity index (χ0n) is 18.4. The molecular weight excluding hydrogens is 402 g/mol. The van der Waals surface area contributed by atoms with E-state index in [-0.39, 0.29) is 24.2 Å². The van der Waals surface area contributed by atoms with Gasteiger partial charge in [0.25, 0.3) is 0 Å². The highest BCUT2D eigenvalue weighted by Gasteiger charge is 2.36. The van der Waals surface area contributed by atoms with Crippen LogP contribution in [-0.2, 0) is 25.5 Å². The first-order chi connectivity index (χ1) is 14.9. The van der Waals surface area contributed by atoms with Crippen LogP contribution in [-0.4, -0.2) is 52.1 Å². The lowest BCUT2D eigenvalue weighted by Crippen LogP contribution is -2.36. The van der Waals surface area contributed by atoms with Crippen LogP contribution in [0.3, 0.4) is 0 Å². The van der Waals surface area contributed by atoms with Gasteiger partial charge in [0.15, 0.2) is 17.3 Å². The molecule has 1 aromatic rings. The molecule has 0 aromatic heterocycles. The van der Waals surface area contributed by atoms with Gasteiger partial charge in [-0.3, -0.25) is 14.4 Å². The van der Waals surface area contributed by atoms with Crippen LogP contribution in [0.1, 0.15) is 30.9 Å². The second-order valence-corrected chi connectivity index (χ2v) is 7.43. The number of amides is 1. The third-order valence-electron chi connectivity index (χ3n) is 5.69. The maximum absolute atomic E-state index is 12.7. The first-order valence-electron chi connectivity index (χ1n) is 9.98. The Morgan fingerprint density at radius 2 is 1.74 bits per heavy atom. The van der Waals surface area contributed by atoms with Crippen molar-refractivity contribution in [3.63, 3.8) is 0 Å². The molecule has 0 radical (unpaired) electrons. The number of methoxy groups -OCH3 is 4. The third kappa shape index (κ3) is 4.15. The molecule has 0 aliphatic heterocycles. The number of hydrogen-bond acceptors (Lipinski definition) is 7. The van der Waals surface area contributed by atoms with E-state index in [4.69, 9.17) is 18.9 Å². The largest absolute Gasteiger partial charge is 0.493 e. The van der Waals surface area contributed by atoms with Gasteiger partial charge in [-0.25, -0.2) is 0 Å². The van der Waals surface area contributed by atoms with Gasteiger partial charge in [0.05, 0.1) is 34.5 Å². The Labute approximate surface area is 181 Å². The monoisotopic (exact) mass is 429 g/mol. The second kappa shape index (κ2) is 9.24. The number of esters is 1. The van der Waals surface area contributed by atoms with E-state index >= 15 is 0 Å². The zero-order chi connectivity index (χ0) is 22.7. The van der Waals surface area contributed by atoms with Crippen molar-refractivity contribution in [1.29, 1.82) is 0 Å². The van der Waals surface area contributed by atoms with E-state index in [0.717, 1.165) is 22.3 Å². The summed E-state index contributed by atoms with van der Waals surface area (Å²) in [5, 5.41) is 2.97. The van der Waals surface area contributed by atoms with Crippen LogP contribution >= 0.6 is 0 Å². The molecule has 2 aliphatic carbocycles. The molecule has 0 saturated carbocycles. The van der Waals surface area contributed by atoms with E-state index < -0.39 is 11.9 Å². The van der Waals surface area contributed by atoms with Gasteiger partial charge in [-0.1, -0.05) is 6.08 Å². The first kappa shape index (κ1) is 22.4. The van der Waals surface area contributed by atoms with Gasteiger partial charge < -0.3 is 24.3 Å². The molecule has 2 aliphatic rings. The van der Waals surface area contributed by atoms with Crippen molar-refractivity contribution < 1.29 is 33.3 Å². The van der Waals surface area contributed by atoms with Crippen LogP contribution in [0.25, 0.3) is 5.57 Å². The van der Waals surface area contributed by atoms with E-state index in [1.54, 1.807) is 13.2 Å². The predicted molar refractivity (Wildman–Crippen MR) is 113 cm³/mol. The lowest BCUT2D eigenvalue weighted by atomic mass is 9.88. The number of hydrogen-bond donors (Lipinski definition) is 1. The van der Waals surface area contributed by atoms with Crippen LogP contribution in [0.2, 0.25) is 0 Å². The number of carbonyl (C=O) groups is 3. The molecule has 8 heteroatoms. The summed E-state index contributed by atoms with van der Waals surface area (Å²) in [5.74, 6) is -0.684. The molecule has 1 amide bonds. The minimum atomic E-state index is -0.974. The quantitative estimate of drug-likeness (QED) is 0.566. The van der Waals surface area contributed by atoms with Crippen molar-refractivity contribution in [3.8, 4) is 17.2 Å². The zero-order valence-corrected chi connectivity index (χ0v) is 18.4. The summed E-state index contributed by atoms with van der Waals surface area (Å²) in [6.45, 7) is 1.44. The van der Waals surface area contributed by atoms with Gasteiger partial charge in [0.1, 0.15) is 5.92 Å². The summed E-state index contributed by atoms with van der Waals surface area (Å²) in [6.07, 6.45) is 4.42. The molecule has 0 spiro atoms. The van der Waals surface area contributed by atoms with E-state index in [1.165, 1.54) is 34.3 Å². The number of ether oxygens (including phenoxy) is 4. The fourth-order valence-corrected chi connectivity index (χ4v) is 4.31. The fourth-order valence-electron chi connectivity index (χ4n) is 4.31. The summed E-state index contributed by atoms with van der Waals surface area (Å²) in [7, 11) is 5.87. The predicted octanol–water partition coefficient (Wildman–Crippen LogP) is 2.24. The topological polar surface area (TPSA) is 100 Å². The van der Waals surface area contributed by atoms with Crippen molar-refractivity contribution in [2.45, 2.75) is 32.2 Å². The molecule has 0 fully saturated rings. The molecule has 166 valence electrons. The average Bonchev–Trinajstić information content (AvgIpc) is 3.01. The lowest BCUT2D eigenvalue weighted by molar-refractivity contribution is -0.148. The molecule has 2 atom stereocenters. The minimum Gasteiger partial charge on any atom is -0.493 e. The Morgan fingerprint density at radius 1 is 1.03 bits per heavy atom. The molecule has 0 saturated heterocycles. The van der Waals surface area contributed by atoms with Crippen molar-refractivity contribution >= 4 is 23.2 Å². The highest BCUT2D eigenvalue weighted by atomic mass is 16.5. The molecule has 3 rings (SSSR count). The fraction of sp³-hybridized carbons (Fsp3) is 0.435. The van der Waals surface area contributed by atoms with E-state index in [2.05, 4.69) is 5.32 Å². The van der Waals surface area contributed by atoms with Crippen LogP contribution in [0.4, 0.5) is 0 Å². The standard InChI is InChI=1S/C23H27NO7/c1-12(25)24-17-8-6-13-10-19(28-2)21(29-3)22(30-4)20(13)14-7-9-18(26)16(11-15(14)17)23(27)31-5/h7,9-10,16-17H,6,8,11H2,1-5H3,(H,24,25)/t16?,17-/m0/s1. The Kier molecular flexibility index (Phi) is 6.68. The second-order valence-electron chi connectivity index (χ2n) is 7.43. The van der Waals surface area contributed by atoms with E-state index in [1.807, 2.05) is 6.07 Å². The average molecular weight is 429 g/mol. The molecule has 31 heavy (non-hydrogen) atoms. The smallest absolute Gasteiger partial charge is 0.316 e. The van der Waals surface area contributed by atoms with Gasteiger partial charge >= 0.3 is 5.97 Å². The molecule has 0 bridgehead atoms. The Hall–Kier alpha value is -3.29. The van der Waals surface area contributed by atoms with E-state index in [9.17, 15) is 14.4 Å². The van der Waals surface area contributed by atoms with Crippen molar-refractivity contribution in [2.24, 2.45) is 5.92 Å². The van der Waals surface area contributed by atoms with Gasteiger partial charge in [0.2, 0.25) is 11.7 Å². The highest BCUT2D eigenvalue weighted by Crippen LogP contribution is 2.48. The minimum absolute atomic E-state index is 0.135. The van der Waals surface area contributed by atoms with Crippen LogP contribution < -0.4 is 19.5 Å². The Balaban J connectivity index is 2.31. The van der Waals surface area contributed by atoms with Crippen LogP contribution in [0, 0.1) is 5.92 Å². The number of aryl methyl sites for hydroxylation is 1. The molecular formula is C23H27NO7. The van der Waals surface area contributed by atoms with Gasteiger partial charge in [-0.2, -0.15) is 0 Å². The molecule has 8 nitrogen and oxygen atoms in total. The van der Waals surface area contributed by atoms with Crippen LogP contribution in [0.15, 0.2) is 23.8 Å².